The van der Waals surface area contributed by atoms with E-state index in [1.54, 1.807) is 0 Å². The Labute approximate surface area is 257 Å². The molecule has 0 saturated carbocycles. The minimum absolute atomic E-state index is 0.577. The maximum Gasteiger partial charge on any atom is 0.239 e. The molecule has 0 saturated heterocycles. The van der Waals surface area contributed by atoms with E-state index >= 15 is 0 Å². The SMILES string of the molecule is c1ccc(-c2nc(-c3ccccc3)nc(-n3c4ccccc4c4c5cc6ccccc6n5c5cc6ccccc6n5c43)n2)cc1. The summed E-state index contributed by atoms with van der Waals surface area (Å²) < 4.78 is 6.99. The van der Waals surface area contributed by atoms with Crippen molar-refractivity contribution in [1.82, 2.24) is 28.3 Å². The summed E-state index contributed by atoms with van der Waals surface area (Å²) in [6.45, 7) is 0. The summed E-state index contributed by atoms with van der Waals surface area (Å²) in [7, 11) is 0. The monoisotopic (exact) mass is 576 g/mol. The Morgan fingerprint density at radius 3 is 1.62 bits per heavy atom. The number of para-hydroxylation sites is 3. The molecule has 6 nitrogen and oxygen atoms in total. The first kappa shape index (κ1) is 24.2. The normalized spacial score (nSPS) is 12.0. The molecule has 0 aliphatic rings. The maximum atomic E-state index is 5.19. The first-order chi connectivity index (χ1) is 22.3. The predicted octanol–water partition coefficient (Wildman–Crippen LogP) is 9.11. The Morgan fingerprint density at radius 2 is 0.956 bits per heavy atom. The summed E-state index contributed by atoms with van der Waals surface area (Å²) in [5, 5.41) is 4.67. The largest absolute Gasteiger partial charge is 0.295 e. The highest BCUT2D eigenvalue weighted by molar-refractivity contribution is 6.18. The van der Waals surface area contributed by atoms with Crippen molar-refractivity contribution >= 4 is 54.9 Å². The molecule has 0 fully saturated rings. The van der Waals surface area contributed by atoms with Crippen LogP contribution in [-0.4, -0.2) is 28.3 Å². The van der Waals surface area contributed by atoms with Gasteiger partial charge in [-0.3, -0.25) is 13.4 Å². The van der Waals surface area contributed by atoms with Gasteiger partial charge in [-0.15, -0.1) is 0 Å². The van der Waals surface area contributed by atoms with E-state index in [2.05, 4.69) is 98.3 Å². The van der Waals surface area contributed by atoms with E-state index in [4.69, 9.17) is 15.0 Å². The van der Waals surface area contributed by atoms with Gasteiger partial charge in [0, 0.05) is 27.3 Å². The van der Waals surface area contributed by atoms with Crippen LogP contribution in [0.15, 0.2) is 146 Å². The van der Waals surface area contributed by atoms with E-state index in [1.807, 2.05) is 60.7 Å². The molecular weight excluding hydrogens is 552 g/mol. The van der Waals surface area contributed by atoms with Crippen LogP contribution in [0.5, 0.6) is 0 Å². The molecule has 0 atom stereocenters. The minimum atomic E-state index is 0.577. The Kier molecular flexibility index (Phi) is 4.90. The van der Waals surface area contributed by atoms with Crippen LogP contribution in [0.4, 0.5) is 0 Å². The predicted molar refractivity (Wildman–Crippen MR) is 182 cm³/mol. The average molecular weight is 577 g/mol. The van der Waals surface area contributed by atoms with Crippen LogP contribution >= 0.6 is 0 Å². The molecule has 0 N–H and O–H groups in total. The lowest BCUT2D eigenvalue weighted by molar-refractivity contribution is 0.938. The van der Waals surface area contributed by atoms with Gasteiger partial charge < -0.3 is 0 Å². The maximum absolute atomic E-state index is 5.19. The Hall–Kier alpha value is -6.27. The highest BCUT2D eigenvalue weighted by atomic mass is 15.2. The van der Waals surface area contributed by atoms with Crippen LogP contribution < -0.4 is 0 Å². The molecule has 45 heavy (non-hydrogen) atoms. The number of fused-ring (bicyclic) bond motifs is 12. The van der Waals surface area contributed by atoms with E-state index in [0.717, 1.165) is 49.7 Å². The van der Waals surface area contributed by atoms with Crippen LogP contribution in [0.3, 0.4) is 0 Å². The summed E-state index contributed by atoms with van der Waals surface area (Å²) in [5.41, 5.74) is 8.48. The third-order valence-corrected chi connectivity index (χ3v) is 8.84. The summed E-state index contributed by atoms with van der Waals surface area (Å²) >= 11 is 0. The molecule has 6 heteroatoms. The summed E-state index contributed by atoms with van der Waals surface area (Å²) in [6.07, 6.45) is 0. The molecule has 0 amide bonds. The average Bonchev–Trinajstić information content (AvgIpc) is 3.78. The van der Waals surface area contributed by atoms with Gasteiger partial charge in [0.2, 0.25) is 5.95 Å². The van der Waals surface area contributed by atoms with Crippen molar-refractivity contribution in [3.63, 3.8) is 0 Å². The molecule has 0 aliphatic carbocycles. The van der Waals surface area contributed by atoms with Gasteiger partial charge in [-0.05, 0) is 30.3 Å². The number of rotatable bonds is 3. The zero-order chi connectivity index (χ0) is 29.5. The molecule has 210 valence electrons. The minimum Gasteiger partial charge on any atom is -0.295 e. The topological polar surface area (TPSA) is 52.4 Å². The van der Waals surface area contributed by atoms with E-state index in [1.165, 1.54) is 16.3 Å². The lowest BCUT2D eigenvalue weighted by Gasteiger charge is -2.13. The zero-order valence-electron chi connectivity index (χ0n) is 24.0. The fourth-order valence-electron chi connectivity index (χ4n) is 6.90. The van der Waals surface area contributed by atoms with Crippen molar-refractivity contribution < 1.29 is 0 Å². The molecular formula is C39H24N6. The smallest absolute Gasteiger partial charge is 0.239 e. The van der Waals surface area contributed by atoms with Crippen molar-refractivity contribution in [3.05, 3.63) is 146 Å². The van der Waals surface area contributed by atoms with E-state index in [9.17, 15) is 0 Å². The van der Waals surface area contributed by atoms with Crippen LogP contribution in [0.25, 0.3) is 83.6 Å². The van der Waals surface area contributed by atoms with Gasteiger partial charge in [0.05, 0.1) is 27.5 Å². The quantitative estimate of drug-likeness (QED) is 0.211. The number of nitrogens with zero attached hydrogens (tertiary/aromatic N) is 6. The van der Waals surface area contributed by atoms with Gasteiger partial charge in [0.25, 0.3) is 0 Å². The van der Waals surface area contributed by atoms with Gasteiger partial charge in [0.1, 0.15) is 11.3 Å². The molecule has 5 aromatic carbocycles. The first-order valence-electron chi connectivity index (χ1n) is 15.1. The molecule has 5 aromatic heterocycles. The Bertz CT molecular complexity index is 2660. The van der Waals surface area contributed by atoms with Crippen LogP contribution in [-0.2, 0) is 0 Å². The molecule has 5 heterocycles. The zero-order valence-corrected chi connectivity index (χ0v) is 24.0. The first-order valence-corrected chi connectivity index (χ1v) is 15.1. The lowest BCUT2D eigenvalue weighted by atomic mass is 10.2. The fraction of sp³-hybridized carbons (Fsp3) is 0. The van der Waals surface area contributed by atoms with Gasteiger partial charge in [-0.25, -0.2) is 4.98 Å². The van der Waals surface area contributed by atoms with Gasteiger partial charge in [-0.1, -0.05) is 115 Å². The van der Waals surface area contributed by atoms with Crippen molar-refractivity contribution in [2.45, 2.75) is 0 Å². The van der Waals surface area contributed by atoms with Gasteiger partial charge in [0.15, 0.2) is 11.6 Å². The molecule has 0 aliphatic heterocycles. The summed E-state index contributed by atoms with van der Waals surface area (Å²) in [4.78, 5) is 15.4. The molecule has 0 radical (unpaired) electrons. The number of hydrogen-bond acceptors (Lipinski definition) is 3. The number of aromatic nitrogens is 6. The van der Waals surface area contributed by atoms with Gasteiger partial charge >= 0.3 is 0 Å². The standard InChI is InChI=1S/C39H24N6/c1-3-13-25(14-4-1)36-40-37(26-15-5-2-6-16-26)42-39(41-36)45-32-22-12-9-19-29(32)35-33-23-27-17-7-10-20-30(27)43(33)34-24-28-18-8-11-21-31(28)44(34)38(35)45/h1-24H. The van der Waals surface area contributed by atoms with Crippen LogP contribution in [0.2, 0.25) is 0 Å². The van der Waals surface area contributed by atoms with E-state index in [-0.39, 0.29) is 0 Å². The molecule has 10 aromatic rings. The van der Waals surface area contributed by atoms with Crippen molar-refractivity contribution in [2.24, 2.45) is 0 Å². The highest BCUT2D eigenvalue weighted by Crippen LogP contribution is 2.40. The summed E-state index contributed by atoms with van der Waals surface area (Å²) in [5.74, 6) is 1.84. The van der Waals surface area contributed by atoms with E-state index in [0.29, 0.717) is 17.6 Å². The molecule has 0 spiro atoms. The Balaban J connectivity index is 1.45. The molecule has 0 bridgehead atoms. The van der Waals surface area contributed by atoms with Crippen LogP contribution in [0.1, 0.15) is 0 Å². The van der Waals surface area contributed by atoms with Gasteiger partial charge in [-0.2, -0.15) is 9.97 Å². The number of benzene rings is 5. The fourth-order valence-corrected chi connectivity index (χ4v) is 6.90. The summed E-state index contributed by atoms with van der Waals surface area (Å²) in [6, 6.07) is 50.7. The molecule has 0 unspecified atom stereocenters. The highest BCUT2D eigenvalue weighted by Gasteiger charge is 2.24. The lowest BCUT2D eigenvalue weighted by Crippen LogP contribution is -2.08. The van der Waals surface area contributed by atoms with E-state index < -0.39 is 0 Å². The number of hydrogen-bond donors (Lipinski definition) is 0. The second kappa shape index (κ2) is 9.11. The van der Waals surface area contributed by atoms with Crippen molar-refractivity contribution in [1.29, 1.82) is 0 Å². The third-order valence-electron chi connectivity index (χ3n) is 8.84. The second-order valence-electron chi connectivity index (χ2n) is 11.4. The third kappa shape index (κ3) is 3.42. The second-order valence-corrected chi connectivity index (χ2v) is 11.4. The van der Waals surface area contributed by atoms with Crippen LogP contribution in [0, 0.1) is 0 Å². The molecule has 10 rings (SSSR count). The van der Waals surface area contributed by atoms with Crippen molar-refractivity contribution in [2.75, 3.05) is 0 Å². The Morgan fingerprint density at radius 1 is 0.422 bits per heavy atom. The van der Waals surface area contributed by atoms with Crippen molar-refractivity contribution in [3.8, 4) is 28.7 Å².